The number of piperidine rings is 1. The van der Waals surface area contributed by atoms with Crippen LogP contribution in [-0.4, -0.2) is 52.6 Å². The zero-order chi connectivity index (χ0) is 16.2. The highest BCUT2D eigenvalue weighted by atomic mass is 16.4. The second kappa shape index (κ2) is 6.89. The van der Waals surface area contributed by atoms with E-state index < -0.39 is 17.5 Å². The third-order valence-electron chi connectivity index (χ3n) is 3.45. The van der Waals surface area contributed by atoms with Gasteiger partial charge in [0.25, 0.3) is 0 Å². The first kappa shape index (κ1) is 17.4. The van der Waals surface area contributed by atoms with E-state index in [-0.39, 0.29) is 24.4 Å². The molecule has 2 atom stereocenters. The minimum absolute atomic E-state index is 0.0104. The van der Waals surface area contributed by atoms with Crippen molar-refractivity contribution >= 4 is 17.9 Å². The summed E-state index contributed by atoms with van der Waals surface area (Å²) in [6.07, 6.45) is 1.05. The molecule has 0 bridgehead atoms. The van der Waals surface area contributed by atoms with Gasteiger partial charge >= 0.3 is 12.0 Å². The first-order valence-corrected chi connectivity index (χ1v) is 7.17. The Hall–Kier alpha value is -1.63. The van der Waals surface area contributed by atoms with E-state index in [0.717, 1.165) is 0 Å². The highest BCUT2D eigenvalue weighted by Gasteiger charge is 2.30. The van der Waals surface area contributed by atoms with Crippen LogP contribution in [-0.2, 0) is 9.59 Å². The van der Waals surface area contributed by atoms with Crippen molar-refractivity contribution in [3.63, 3.8) is 0 Å². The lowest BCUT2D eigenvalue weighted by molar-refractivity contribution is -0.144. The average Bonchev–Trinajstić information content (AvgIpc) is 2.28. The molecule has 1 aliphatic rings. The minimum Gasteiger partial charge on any atom is -0.481 e. The van der Waals surface area contributed by atoms with Crippen molar-refractivity contribution in [3.05, 3.63) is 0 Å². The van der Waals surface area contributed by atoms with Gasteiger partial charge in [0.2, 0.25) is 5.91 Å². The second-order valence-electron chi connectivity index (χ2n) is 6.63. The number of nitrogens with zero attached hydrogens (tertiary/aromatic N) is 1. The summed E-state index contributed by atoms with van der Waals surface area (Å²) >= 11 is 0. The maximum atomic E-state index is 11.8. The smallest absolute Gasteiger partial charge is 0.321 e. The molecule has 0 saturated carbocycles. The van der Waals surface area contributed by atoms with Crippen LogP contribution in [0.1, 0.15) is 40.5 Å². The first-order chi connectivity index (χ1) is 9.58. The van der Waals surface area contributed by atoms with Gasteiger partial charge in [0.1, 0.15) is 0 Å². The number of hydrogen-bond acceptors (Lipinski definition) is 4. The van der Waals surface area contributed by atoms with Gasteiger partial charge in [0.05, 0.1) is 12.5 Å². The normalized spacial score (nSPS) is 23.4. The predicted octanol–water partition coefficient (Wildman–Crippen LogP) is 0.796. The largest absolute Gasteiger partial charge is 0.481 e. The summed E-state index contributed by atoms with van der Waals surface area (Å²) in [5, 5.41) is 13.9. The van der Waals surface area contributed by atoms with Crippen molar-refractivity contribution in [3.8, 4) is 0 Å². The number of amides is 3. The van der Waals surface area contributed by atoms with E-state index in [0.29, 0.717) is 19.4 Å². The van der Waals surface area contributed by atoms with E-state index in [1.807, 2.05) is 32.6 Å². The zero-order valence-electron chi connectivity index (χ0n) is 13.1. The van der Waals surface area contributed by atoms with Gasteiger partial charge in [-0.25, -0.2) is 4.79 Å². The van der Waals surface area contributed by atoms with Crippen LogP contribution < -0.4 is 10.6 Å². The summed E-state index contributed by atoms with van der Waals surface area (Å²) < 4.78 is 0. The number of likely N-dealkylation sites (tertiary alicyclic amines) is 1. The van der Waals surface area contributed by atoms with Crippen molar-refractivity contribution in [2.45, 2.75) is 52.1 Å². The third-order valence-corrected chi connectivity index (χ3v) is 3.45. The lowest BCUT2D eigenvalue weighted by Gasteiger charge is -2.35. The van der Waals surface area contributed by atoms with Crippen LogP contribution in [0.2, 0.25) is 0 Å². The highest BCUT2D eigenvalue weighted by molar-refractivity contribution is 5.95. The van der Waals surface area contributed by atoms with E-state index in [4.69, 9.17) is 5.11 Å². The number of hydrogen-bond donors (Lipinski definition) is 3. The summed E-state index contributed by atoms with van der Waals surface area (Å²) in [7, 11) is 0. The van der Waals surface area contributed by atoms with E-state index in [1.165, 1.54) is 0 Å². The molecule has 1 aliphatic heterocycles. The maximum Gasteiger partial charge on any atom is 0.321 e. The van der Waals surface area contributed by atoms with Gasteiger partial charge in [0, 0.05) is 11.6 Å². The third kappa shape index (κ3) is 6.12. The summed E-state index contributed by atoms with van der Waals surface area (Å²) in [4.78, 5) is 36.3. The van der Waals surface area contributed by atoms with Crippen molar-refractivity contribution in [2.24, 2.45) is 5.92 Å². The number of aliphatic carboxylic acids is 1. The molecular weight excluding hydrogens is 274 g/mol. The molecule has 1 saturated heterocycles. The standard InChI is InChI=1S/C14H25N3O4/c1-9-7-10(12(19)20)5-6-17(9)8-11(18)15-13(21)16-14(2,3)4/h9-10H,5-8H2,1-4H3,(H,19,20)(H2,15,16,18,21). The molecule has 0 spiro atoms. The summed E-state index contributed by atoms with van der Waals surface area (Å²) in [5.74, 6) is -1.50. The summed E-state index contributed by atoms with van der Waals surface area (Å²) in [5.41, 5.74) is -0.405. The maximum absolute atomic E-state index is 11.8. The molecule has 0 radical (unpaired) electrons. The first-order valence-electron chi connectivity index (χ1n) is 7.17. The van der Waals surface area contributed by atoms with Gasteiger partial charge in [-0.2, -0.15) is 0 Å². The molecule has 0 aromatic carbocycles. The molecule has 120 valence electrons. The molecule has 1 fully saturated rings. The highest BCUT2D eigenvalue weighted by Crippen LogP contribution is 2.22. The van der Waals surface area contributed by atoms with E-state index >= 15 is 0 Å². The van der Waals surface area contributed by atoms with Gasteiger partial charge in [-0.3, -0.25) is 19.8 Å². The number of nitrogens with one attached hydrogen (secondary N) is 2. The molecule has 7 nitrogen and oxygen atoms in total. The van der Waals surface area contributed by atoms with Gasteiger partial charge in [-0.05, 0) is 47.1 Å². The van der Waals surface area contributed by atoms with E-state index in [2.05, 4.69) is 10.6 Å². The Bertz CT molecular complexity index is 417. The number of carboxylic acid groups (broad SMARTS) is 1. The molecule has 3 amide bonds. The molecule has 21 heavy (non-hydrogen) atoms. The number of carboxylic acids is 1. The Labute approximate surface area is 125 Å². The van der Waals surface area contributed by atoms with Crippen molar-refractivity contribution in [1.82, 2.24) is 15.5 Å². The van der Waals surface area contributed by atoms with Crippen LogP contribution in [0.25, 0.3) is 0 Å². The summed E-state index contributed by atoms with van der Waals surface area (Å²) in [6.45, 7) is 8.04. The minimum atomic E-state index is -0.782. The molecule has 3 N–H and O–H groups in total. The van der Waals surface area contributed by atoms with Crippen LogP contribution in [0.5, 0.6) is 0 Å². The van der Waals surface area contributed by atoms with Crippen LogP contribution in [0.3, 0.4) is 0 Å². The molecule has 2 unspecified atom stereocenters. The number of rotatable bonds is 3. The Morgan fingerprint density at radius 3 is 2.38 bits per heavy atom. The van der Waals surface area contributed by atoms with Gasteiger partial charge in [-0.1, -0.05) is 0 Å². The monoisotopic (exact) mass is 299 g/mol. The second-order valence-corrected chi connectivity index (χ2v) is 6.63. The fourth-order valence-electron chi connectivity index (χ4n) is 2.40. The average molecular weight is 299 g/mol. The van der Waals surface area contributed by atoms with Crippen molar-refractivity contribution < 1.29 is 19.5 Å². The number of carbonyl (C=O) groups is 3. The fourth-order valence-corrected chi connectivity index (χ4v) is 2.40. The van der Waals surface area contributed by atoms with E-state index in [9.17, 15) is 14.4 Å². The predicted molar refractivity (Wildman–Crippen MR) is 77.8 cm³/mol. The van der Waals surface area contributed by atoms with Gasteiger partial charge in [0.15, 0.2) is 0 Å². The quantitative estimate of drug-likeness (QED) is 0.716. The topological polar surface area (TPSA) is 98.7 Å². The van der Waals surface area contributed by atoms with Crippen LogP contribution >= 0.6 is 0 Å². The van der Waals surface area contributed by atoms with Crippen LogP contribution in [0.15, 0.2) is 0 Å². The van der Waals surface area contributed by atoms with E-state index in [1.54, 1.807) is 0 Å². The Morgan fingerprint density at radius 2 is 1.90 bits per heavy atom. The lowest BCUT2D eigenvalue weighted by atomic mass is 9.92. The number of urea groups is 1. The lowest BCUT2D eigenvalue weighted by Crippen LogP contribution is -2.52. The van der Waals surface area contributed by atoms with Crippen LogP contribution in [0.4, 0.5) is 4.79 Å². The fraction of sp³-hybridized carbons (Fsp3) is 0.786. The van der Waals surface area contributed by atoms with Crippen molar-refractivity contribution in [2.75, 3.05) is 13.1 Å². The number of imide groups is 1. The zero-order valence-corrected chi connectivity index (χ0v) is 13.1. The number of carbonyl (C=O) groups excluding carboxylic acids is 2. The summed E-state index contributed by atoms with van der Waals surface area (Å²) in [6, 6.07) is -0.503. The molecule has 0 aromatic heterocycles. The Kier molecular flexibility index (Phi) is 5.71. The Morgan fingerprint density at radius 1 is 1.29 bits per heavy atom. The van der Waals surface area contributed by atoms with Gasteiger partial charge in [-0.15, -0.1) is 0 Å². The Balaban J connectivity index is 2.42. The molecule has 7 heteroatoms. The molecule has 0 aromatic rings. The van der Waals surface area contributed by atoms with Crippen molar-refractivity contribution in [1.29, 1.82) is 0 Å². The van der Waals surface area contributed by atoms with Crippen LogP contribution in [0, 0.1) is 5.92 Å². The SMILES string of the molecule is CC1CC(C(=O)O)CCN1CC(=O)NC(=O)NC(C)(C)C. The van der Waals surface area contributed by atoms with Gasteiger partial charge < -0.3 is 10.4 Å². The molecule has 0 aliphatic carbocycles. The molecular formula is C14H25N3O4. The molecule has 1 rings (SSSR count). The molecule has 1 heterocycles.